The average molecular weight is 224 g/mol. The smallest absolute Gasteiger partial charge is 0.246 e. The topological polar surface area (TPSA) is 49.4 Å². The Morgan fingerprint density at radius 2 is 2.12 bits per heavy atom. The quantitative estimate of drug-likeness (QED) is 0.729. The first-order valence-electron chi connectivity index (χ1n) is 5.64. The molecule has 0 radical (unpaired) electrons. The van der Waals surface area contributed by atoms with Crippen LogP contribution in [0.15, 0.2) is 11.6 Å². The van der Waals surface area contributed by atoms with Crippen molar-refractivity contribution in [1.82, 2.24) is 10.2 Å². The fraction of sp³-hybridized carbons (Fsp3) is 0.667. The van der Waals surface area contributed by atoms with Gasteiger partial charge in [0.15, 0.2) is 0 Å². The van der Waals surface area contributed by atoms with E-state index in [-0.39, 0.29) is 18.4 Å². The zero-order valence-corrected chi connectivity index (χ0v) is 10.5. The first-order chi connectivity index (χ1) is 7.41. The SMILES string of the molecule is CCC1(C)C(=O)NCC(=O)N1CC=C(C)C. The monoisotopic (exact) mass is 224 g/mol. The molecule has 0 saturated carbocycles. The van der Waals surface area contributed by atoms with Gasteiger partial charge in [-0.3, -0.25) is 9.59 Å². The van der Waals surface area contributed by atoms with Crippen molar-refractivity contribution < 1.29 is 9.59 Å². The van der Waals surface area contributed by atoms with Gasteiger partial charge >= 0.3 is 0 Å². The summed E-state index contributed by atoms with van der Waals surface area (Å²) >= 11 is 0. The van der Waals surface area contributed by atoms with Crippen molar-refractivity contribution in [3.63, 3.8) is 0 Å². The fourth-order valence-electron chi connectivity index (χ4n) is 1.77. The lowest BCUT2D eigenvalue weighted by Crippen LogP contribution is -2.65. The van der Waals surface area contributed by atoms with Gasteiger partial charge in [0, 0.05) is 6.54 Å². The maximum absolute atomic E-state index is 11.8. The highest BCUT2D eigenvalue weighted by Gasteiger charge is 2.43. The van der Waals surface area contributed by atoms with E-state index in [9.17, 15) is 9.59 Å². The second-order valence-corrected chi connectivity index (χ2v) is 4.60. The number of piperazine rings is 1. The lowest BCUT2D eigenvalue weighted by Gasteiger charge is -2.42. The molecule has 0 aromatic heterocycles. The molecule has 0 aliphatic carbocycles. The Labute approximate surface area is 96.7 Å². The van der Waals surface area contributed by atoms with Crippen LogP contribution in [-0.2, 0) is 9.59 Å². The minimum absolute atomic E-state index is 0.0125. The van der Waals surface area contributed by atoms with E-state index in [4.69, 9.17) is 0 Å². The van der Waals surface area contributed by atoms with Crippen LogP contribution in [0.4, 0.5) is 0 Å². The minimum atomic E-state index is -0.707. The molecule has 2 amide bonds. The first kappa shape index (κ1) is 12.7. The van der Waals surface area contributed by atoms with E-state index in [1.807, 2.05) is 33.8 Å². The van der Waals surface area contributed by atoms with Crippen molar-refractivity contribution in [1.29, 1.82) is 0 Å². The third kappa shape index (κ3) is 2.26. The highest BCUT2D eigenvalue weighted by atomic mass is 16.2. The van der Waals surface area contributed by atoms with Crippen molar-refractivity contribution in [3.05, 3.63) is 11.6 Å². The van der Waals surface area contributed by atoms with Crippen LogP contribution in [0.3, 0.4) is 0 Å². The summed E-state index contributed by atoms with van der Waals surface area (Å²) in [6.45, 7) is 8.34. The number of carbonyl (C=O) groups is 2. The molecule has 0 bridgehead atoms. The second-order valence-electron chi connectivity index (χ2n) is 4.60. The Morgan fingerprint density at radius 3 is 2.62 bits per heavy atom. The standard InChI is InChI=1S/C12H20N2O2/c1-5-12(4)11(16)13-8-10(15)14(12)7-6-9(2)3/h6H,5,7-8H2,1-4H3,(H,13,16). The highest BCUT2D eigenvalue weighted by Crippen LogP contribution is 2.22. The molecule has 4 heteroatoms. The third-order valence-electron chi connectivity index (χ3n) is 3.16. The second kappa shape index (κ2) is 4.68. The summed E-state index contributed by atoms with van der Waals surface area (Å²) in [4.78, 5) is 25.3. The summed E-state index contributed by atoms with van der Waals surface area (Å²) < 4.78 is 0. The van der Waals surface area contributed by atoms with Crippen LogP contribution in [0.5, 0.6) is 0 Å². The number of hydrogen-bond acceptors (Lipinski definition) is 2. The summed E-state index contributed by atoms with van der Waals surface area (Å²) in [7, 11) is 0. The summed E-state index contributed by atoms with van der Waals surface area (Å²) in [5, 5.41) is 2.64. The molecule has 1 atom stereocenters. The minimum Gasteiger partial charge on any atom is -0.345 e. The summed E-state index contributed by atoms with van der Waals surface area (Å²) in [5.74, 6) is -0.0711. The van der Waals surface area contributed by atoms with Crippen LogP contribution in [0.1, 0.15) is 34.1 Å². The molecule has 0 aromatic rings. The van der Waals surface area contributed by atoms with Gasteiger partial charge in [-0.25, -0.2) is 0 Å². The van der Waals surface area contributed by atoms with Gasteiger partial charge in [0.2, 0.25) is 11.8 Å². The largest absolute Gasteiger partial charge is 0.345 e. The molecule has 16 heavy (non-hydrogen) atoms. The van der Waals surface area contributed by atoms with Crippen LogP contribution in [0, 0.1) is 0 Å². The van der Waals surface area contributed by atoms with Crippen LogP contribution < -0.4 is 5.32 Å². The Hall–Kier alpha value is -1.32. The van der Waals surface area contributed by atoms with Crippen molar-refractivity contribution >= 4 is 11.8 Å². The molecule has 1 aliphatic heterocycles. The predicted molar refractivity (Wildman–Crippen MR) is 62.8 cm³/mol. The van der Waals surface area contributed by atoms with E-state index in [0.29, 0.717) is 13.0 Å². The number of amides is 2. The number of rotatable bonds is 3. The van der Waals surface area contributed by atoms with Crippen LogP contribution in [0.25, 0.3) is 0 Å². The van der Waals surface area contributed by atoms with Crippen molar-refractivity contribution in [2.45, 2.75) is 39.7 Å². The van der Waals surface area contributed by atoms with Crippen molar-refractivity contribution in [3.8, 4) is 0 Å². The summed E-state index contributed by atoms with van der Waals surface area (Å²) in [5.41, 5.74) is 0.443. The maximum Gasteiger partial charge on any atom is 0.246 e. The Morgan fingerprint density at radius 1 is 1.50 bits per heavy atom. The highest BCUT2D eigenvalue weighted by molar-refractivity contribution is 5.97. The third-order valence-corrected chi connectivity index (χ3v) is 3.16. The number of hydrogen-bond donors (Lipinski definition) is 1. The van der Waals surface area contributed by atoms with Crippen LogP contribution >= 0.6 is 0 Å². The number of carbonyl (C=O) groups excluding carboxylic acids is 2. The van der Waals surface area contributed by atoms with Gasteiger partial charge in [-0.15, -0.1) is 0 Å². The molecular weight excluding hydrogens is 204 g/mol. The molecule has 1 aliphatic rings. The van der Waals surface area contributed by atoms with Crippen molar-refractivity contribution in [2.24, 2.45) is 0 Å². The number of nitrogens with zero attached hydrogens (tertiary/aromatic N) is 1. The van der Waals surface area contributed by atoms with Gasteiger partial charge < -0.3 is 10.2 Å². The van der Waals surface area contributed by atoms with Crippen LogP contribution in [-0.4, -0.2) is 35.3 Å². The summed E-state index contributed by atoms with van der Waals surface area (Å²) in [6.07, 6.45) is 2.60. The molecule has 1 unspecified atom stereocenters. The van der Waals surface area contributed by atoms with Gasteiger partial charge in [-0.05, 0) is 27.2 Å². The zero-order chi connectivity index (χ0) is 12.3. The molecule has 1 saturated heterocycles. The average Bonchev–Trinajstić information content (AvgIpc) is 2.23. The maximum atomic E-state index is 11.8. The fourth-order valence-corrected chi connectivity index (χ4v) is 1.77. The first-order valence-corrected chi connectivity index (χ1v) is 5.64. The lowest BCUT2D eigenvalue weighted by molar-refractivity contribution is -0.152. The Balaban J connectivity index is 2.94. The molecule has 1 heterocycles. The Kier molecular flexibility index (Phi) is 3.73. The van der Waals surface area contributed by atoms with Gasteiger partial charge in [0.1, 0.15) is 5.54 Å². The van der Waals surface area contributed by atoms with Gasteiger partial charge in [-0.2, -0.15) is 0 Å². The van der Waals surface area contributed by atoms with E-state index >= 15 is 0 Å². The summed E-state index contributed by atoms with van der Waals surface area (Å²) in [6, 6.07) is 0. The molecule has 1 N–H and O–H groups in total. The van der Waals surface area contributed by atoms with Gasteiger partial charge in [0.25, 0.3) is 0 Å². The number of allylic oxidation sites excluding steroid dienone is 1. The van der Waals surface area contributed by atoms with Crippen LogP contribution in [0.2, 0.25) is 0 Å². The van der Waals surface area contributed by atoms with Crippen molar-refractivity contribution in [2.75, 3.05) is 13.1 Å². The van der Waals surface area contributed by atoms with E-state index in [1.165, 1.54) is 0 Å². The molecule has 1 fully saturated rings. The van der Waals surface area contributed by atoms with E-state index in [2.05, 4.69) is 5.32 Å². The molecule has 1 rings (SSSR count). The van der Waals surface area contributed by atoms with E-state index in [0.717, 1.165) is 5.57 Å². The predicted octanol–water partition coefficient (Wildman–Crippen LogP) is 1.08. The lowest BCUT2D eigenvalue weighted by atomic mass is 9.92. The normalized spacial score (nSPS) is 25.4. The van der Waals surface area contributed by atoms with Gasteiger partial charge in [-0.1, -0.05) is 18.6 Å². The van der Waals surface area contributed by atoms with E-state index in [1.54, 1.807) is 4.90 Å². The van der Waals surface area contributed by atoms with Gasteiger partial charge in [0.05, 0.1) is 6.54 Å². The number of nitrogens with one attached hydrogen (secondary N) is 1. The zero-order valence-electron chi connectivity index (χ0n) is 10.5. The molecule has 0 spiro atoms. The molecule has 4 nitrogen and oxygen atoms in total. The van der Waals surface area contributed by atoms with E-state index < -0.39 is 5.54 Å². The molecule has 0 aromatic carbocycles. The Bertz CT molecular complexity index is 332. The molecular formula is C12H20N2O2. The molecule has 90 valence electrons.